The summed E-state index contributed by atoms with van der Waals surface area (Å²) in [5, 5.41) is 10.9. The lowest BCUT2D eigenvalue weighted by Crippen LogP contribution is -2.24. The first kappa shape index (κ1) is 15.1. The number of aryl methyl sites for hydroxylation is 1. The van der Waals surface area contributed by atoms with Gasteiger partial charge in [-0.05, 0) is 19.1 Å². The minimum Gasteiger partial charge on any atom is -0.301 e. The molecule has 2 rings (SSSR count). The fourth-order valence-electron chi connectivity index (χ4n) is 1.88. The molecule has 0 aliphatic rings. The van der Waals surface area contributed by atoms with Gasteiger partial charge in [0, 0.05) is 21.7 Å². The van der Waals surface area contributed by atoms with Crippen LogP contribution >= 0.6 is 15.9 Å². The summed E-state index contributed by atoms with van der Waals surface area (Å²) in [6.45, 7) is 1.25. The normalized spacial score (nSPS) is 10.4. The quantitative estimate of drug-likeness (QED) is 0.482. The Morgan fingerprint density at radius 1 is 1.38 bits per heavy atom. The molecule has 0 spiro atoms. The minimum absolute atomic E-state index is 0.184. The van der Waals surface area contributed by atoms with E-state index in [1.807, 2.05) is 0 Å². The number of nitrogens with zero attached hydrogens (tertiary/aromatic N) is 2. The lowest BCUT2D eigenvalue weighted by molar-refractivity contribution is -0.385. The molecule has 7 heteroatoms. The van der Waals surface area contributed by atoms with Crippen molar-refractivity contribution in [2.75, 3.05) is 0 Å². The molecular weight excluding hydrogens is 340 g/mol. The number of aromatic nitrogens is 1. The highest BCUT2D eigenvalue weighted by Gasteiger charge is 2.15. The minimum atomic E-state index is -0.575. The third-order valence-corrected chi connectivity index (χ3v) is 3.46. The van der Waals surface area contributed by atoms with Crippen LogP contribution in [-0.4, -0.2) is 15.3 Å². The Balaban J connectivity index is 2.35. The van der Waals surface area contributed by atoms with Crippen LogP contribution in [0.15, 0.2) is 45.8 Å². The number of halogens is 1. The summed E-state index contributed by atoms with van der Waals surface area (Å²) < 4.78 is 1.80. The van der Waals surface area contributed by atoms with Crippen LogP contribution in [0.4, 0.5) is 5.69 Å². The molecule has 0 saturated carbocycles. The smallest absolute Gasteiger partial charge is 0.288 e. The van der Waals surface area contributed by atoms with E-state index in [0.717, 1.165) is 21.3 Å². The Hall–Kier alpha value is -2.28. The van der Waals surface area contributed by atoms with Gasteiger partial charge in [0.05, 0.1) is 17.7 Å². The van der Waals surface area contributed by atoms with Crippen molar-refractivity contribution in [3.05, 3.63) is 72.6 Å². The van der Waals surface area contributed by atoms with E-state index in [1.54, 1.807) is 24.3 Å². The highest BCUT2D eigenvalue weighted by Crippen LogP contribution is 2.15. The summed E-state index contributed by atoms with van der Waals surface area (Å²) in [5.41, 5.74) is 0.0775. The molecule has 1 heterocycles. The maximum absolute atomic E-state index is 12.1. The Morgan fingerprint density at radius 3 is 2.71 bits per heavy atom. The van der Waals surface area contributed by atoms with Gasteiger partial charge in [0.15, 0.2) is 5.78 Å². The van der Waals surface area contributed by atoms with Gasteiger partial charge in [-0.25, -0.2) is 0 Å². The number of hydrogen-bond acceptors (Lipinski definition) is 4. The Labute approximate surface area is 128 Å². The van der Waals surface area contributed by atoms with Crippen LogP contribution in [0, 0.1) is 17.0 Å². The van der Waals surface area contributed by atoms with Gasteiger partial charge in [-0.3, -0.25) is 19.7 Å². The van der Waals surface area contributed by atoms with Crippen molar-refractivity contribution < 1.29 is 9.72 Å². The number of ketones is 1. The molecule has 0 aliphatic carbocycles. The predicted molar refractivity (Wildman–Crippen MR) is 80.6 cm³/mol. The lowest BCUT2D eigenvalue weighted by atomic mass is 10.1. The average molecular weight is 351 g/mol. The second-order valence-corrected chi connectivity index (χ2v) is 5.41. The third kappa shape index (κ3) is 3.43. The molecule has 108 valence electrons. The van der Waals surface area contributed by atoms with Gasteiger partial charge in [0.1, 0.15) is 0 Å². The van der Waals surface area contributed by atoms with Crippen molar-refractivity contribution in [1.82, 2.24) is 4.57 Å². The van der Waals surface area contributed by atoms with E-state index in [-0.39, 0.29) is 23.6 Å². The number of pyridine rings is 1. The summed E-state index contributed by atoms with van der Waals surface area (Å²) in [7, 11) is 0. The van der Waals surface area contributed by atoms with Gasteiger partial charge in [0.25, 0.3) is 11.2 Å². The van der Waals surface area contributed by atoms with Crippen LogP contribution < -0.4 is 5.56 Å². The van der Waals surface area contributed by atoms with Gasteiger partial charge < -0.3 is 4.57 Å². The van der Waals surface area contributed by atoms with Crippen LogP contribution in [0.2, 0.25) is 0 Å². The largest absolute Gasteiger partial charge is 0.301 e. The second-order valence-electron chi connectivity index (χ2n) is 4.50. The molecule has 21 heavy (non-hydrogen) atoms. The van der Waals surface area contributed by atoms with Crippen LogP contribution in [0.5, 0.6) is 0 Å². The van der Waals surface area contributed by atoms with Crippen molar-refractivity contribution in [1.29, 1.82) is 0 Å². The molecule has 0 fully saturated rings. The summed E-state index contributed by atoms with van der Waals surface area (Å²) in [6.07, 6.45) is 1.10. The van der Waals surface area contributed by atoms with Crippen molar-refractivity contribution in [3.8, 4) is 0 Å². The van der Waals surface area contributed by atoms with Gasteiger partial charge in [-0.1, -0.05) is 28.1 Å². The first-order valence-electron chi connectivity index (χ1n) is 6.02. The monoisotopic (exact) mass is 350 g/mol. The van der Waals surface area contributed by atoms with Gasteiger partial charge in [0.2, 0.25) is 0 Å². The lowest BCUT2D eigenvalue weighted by Gasteiger charge is -2.06. The number of carbonyl (C=O) groups excluding carboxylic acids is 1. The molecule has 2 aromatic rings. The van der Waals surface area contributed by atoms with Crippen molar-refractivity contribution in [2.24, 2.45) is 0 Å². The van der Waals surface area contributed by atoms with E-state index in [0.29, 0.717) is 5.56 Å². The number of carbonyl (C=O) groups is 1. The third-order valence-electron chi connectivity index (χ3n) is 2.96. The van der Waals surface area contributed by atoms with E-state index in [1.165, 1.54) is 6.92 Å². The van der Waals surface area contributed by atoms with Crippen molar-refractivity contribution in [3.63, 3.8) is 0 Å². The summed E-state index contributed by atoms with van der Waals surface area (Å²) in [5.74, 6) is -0.295. The van der Waals surface area contributed by atoms with Gasteiger partial charge in [-0.15, -0.1) is 0 Å². The highest BCUT2D eigenvalue weighted by atomic mass is 79.9. The number of hydrogen-bond donors (Lipinski definition) is 0. The molecular formula is C14H11BrN2O4. The van der Waals surface area contributed by atoms with Gasteiger partial charge in [-0.2, -0.15) is 0 Å². The number of nitro groups is 1. The number of benzene rings is 1. The molecule has 0 atom stereocenters. The fraction of sp³-hybridized carbons (Fsp3) is 0.143. The maximum atomic E-state index is 12.1. The van der Waals surface area contributed by atoms with Crippen LogP contribution in [0.25, 0.3) is 0 Å². The SMILES string of the molecule is Cc1cc(=O)n(CC(=O)c2cccc(Br)c2)cc1[N+](=O)[O-]. The summed E-state index contributed by atoms with van der Waals surface area (Å²) >= 11 is 3.26. The zero-order chi connectivity index (χ0) is 15.6. The molecule has 1 aromatic heterocycles. The topological polar surface area (TPSA) is 82.2 Å². The molecule has 0 N–H and O–H groups in total. The van der Waals surface area contributed by atoms with E-state index < -0.39 is 10.5 Å². The molecule has 0 bridgehead atoms. The van der Waals surface area contributed by atoms with E-state index in [2.05, 4.69) is 15.9 Å². The van der Waals surface area contributed by atoms with Crippen LogP contribution in [-0.2, 0) is 6.54 Å². The highest BCUT2D eigenvalue weighted by molar-refractivity contribution is 9.10. The molecule has 0 radical (unpaired) electrons. The number of Topliss-reactive ketones (excluding diaryl/α,β-unsaturated/α-hetero) is 1. The van der Waals surface area contributed by atoms with Crippen LogP contribution in [0.1, 0.15) is 15.9 Å². The van der Waals surface area contributed by atoms with Crippen LogP contribution in [0.3, 0.4) is 0 Å². The summed E-state index contributed by atoms with van der Waals surface area (Å²) in [4.78, 5) is 34.3. The molecule has 0 saturated heterocycles. The predicted octanol–water partition coefficient (Wildman–Crippen LogP) is 2.71. The van der Waals surface area contributed by atoms with Crippen molar-refractivity contribution in [2.45, 2.75) is 13.5 Å². The van der Waals surface area contributed by atoms with E-state index in [4.69, 9.17) is 0 Å². The number of rotatable bonds is 4. The molecule has 6 nitrogen and oxygen atoms in total. The Kier molecular flexibility index (Phi) is 4.32. The Morgan fingerprint density at radius 2 is 2.10 bits per heavy atom. The molecule has 1 aromatic carbocycles. The fourth-order valence-corrected chi connectivity index (χ4v) is 2.28. The zero-order valence-corrected chi connectivity index (χ0v) is 12.7. The van der Waals surface area contributed by atoms with Crippen molar-refractivity contribution >= 4 is 27.4 Å². The first-order chi connectivity index (χ1) is 9.88. The Bertz CT molecular complexity index is 783. The van der Waals surface area contributed by atoms with E-state index >= 15 is 0 Å². The first-order valence-corrected chi connectivity index (χ1v) is 6.82. The van der Waals surface area contributed by atoms with E-state index in [9.17, 15) is 19.7 Å². The standard InChI is InChI=1S/C14H11BrN2O4/c1-9-5-14(19)16(7-12(9)17(20)21)8-13(18)10-3-2-4-11(15)6-10/h2-7H,8H2,1H3. The zero-order valence-electron chi connectivity index (χ0n) is 11.1. The summed E-state index contributed by atoms with van der Waals surface area (Å²) in [6, 6.07) is 7.90. The molecule has 0 aliphatic heterocycles. The van der Waals surface area contributed by atoms with Gasteiger partial charge >= 0.3 is 0 Å². The molecule has 0 unspecified atom stereocenters. The molecule has 0 amide bonds. The maximum Gasteiger partial charge on any atom is 0.288 e. The average Bonchev–Trinajstić information content (AvgIpc) is 2.41. The second kappa shape index (κ2) is 6.01.